The third-order valence-electron chi connectivity index (χ3n) is 3.15. The molecule has 0 aliphatic carbocycles. The van der Waals surface area contributed by atoms with E-state index in [1.54, 1.807) is 18.2 Å². The van der Waals surface area contributed by atoms with Crippen molar-refractivity contribution in [2.24, 2.45) is 5.92 Å². The van der Waals surface area contributed by atoms with Gasteiger partial charge in [0.2, 0.25) is 5.91 Å². The fraction of sp³-hybridized carbons (Fsp3) is 0.385. The van der Waals surface area contributed by atoms with Crippen molar-refractivity contribution in [1.82, 2.24) is 0 Å². The largest absolute Gasteiger partial charge is 0.469 e. The molecule has 1 aromatic carbocycles. The van der Waals surface area contributed by atoms with Gasteiger partial charge in [-0.05, 0) is 23.8 Å². The number of hydrogen-bond acceptors (Lipinski definition) is 5. The number of carbonyl (C=O) groups is 2. The van der Waals surface area contributed by atoms with Crippen LogP contribution in [0.15, 0.2) is 18.2 Å². The summed E-state index contributed by atoms with van der Waals surface area (Å²) in [6, 6.07) is 4.98. The number of aliphatic hydroxyl groups excluding tert-OH is 1. The van der Waals surface area contributed by atoms with E-state index in [1.807, 2.05) is 0 Å². The maximum Gasteiger partial charge on any atom is 0.311 e. The second kappa shape index (κ2) is 5.27. The number of ether oxygens (including phenoxy) is 1. The summed E-state index contributed by atoms with van der Waals surface area (Å²) in [5.74, 6) is -0.983. The predicted molar refractivity (Wildman–Crippen MR) is 69.3 cm³/mol. The van der Waals surface area contributed by atoms with Crippen molar-refractivity contribution in [3.63, 3.8) is 0 Å². The maximum atomic E-state index is 11.9. The van der Waals surface area contributed by atoms with Crippen LogP contribution in [0.2, 0.25) is 0 Å². The Morgan fingerprint density at radius 2 is 2.26 bits per heavy atom. The molecule has 102 valence electrons. The van der Waals surface area contributed by atoms with Crippen LogP contribution in [0.25, 0.3) is 0 Å². The standard InChI is InChI=1S/C13H16N2O4/c1-19-13(18)9-4-12(17)15(6-9)11-3-8(7-16)2-10(14)5-11/h2-3,5,9,16H,4,6-7,14H2,1H3. The van der Waals surface area contributed by atoms with Gasteiger partial charge in [-0.15, -0.1) is 0 Å². The van der Waals surface area contributed by atoms with Gasteiger partial charge in [-0.25, -0.2) is 0 Å². The average molecular weight is 264 g/mol. The van der Waals surface area contributed by atoms with Gasteiger partial charge in [0, 0.05) is 24.3 Å². The summed E-state index contributed by atoms with van der Waals surface area (Å²) in [5.41, 5.74) is 7.42. The van der Waals surface area contributed by atoms with E-state index in [1.165, 1.54) is 12.0 Å². The molecule has 1 aliphatic heterocycles. The lowest BCUT2D eigenvalue weighted by atomic mass is 10.1. The lowest BCUT2D eigenvalue weighted by Crippen LogP contribution is -2.26. The highest BCUT2D eigenvalue weighted by molar-refractivity contribution is 5.99. The summed E-state index contributed by atoms with van der Waals surface area (Å²) >= 11 is 0. The van der Waals surface area contributed by atoms with Crippen LogP contribution in [0, 0.1) is 5.92 Å². The van der Waals surface area contributed by atoms with E-state index in [2.05, 4.69) is 4.74 Å². The number of rotatable bonds is 3. The molecular formula is C13H16N2O4. The summed E-state index contributed by atoms with van der Waals surface area (Å²) in [6.45, 7) is 0.125. The summed E-state index contributed by atoms with van der Waals surface area (Å²) in [5, 5.41) is 9.14. The minimum atomic E-state index is -0.448. The van der Waals surface area contributed by atoms with Gasteiger partial charge in [0.15, 0.2) is 0 Å². The molecule has 0 saturated carbocycles. The van der Waals surface area contributed by atoms with E-state index < -0.39 is 5.92 Å². The smallest absolute Gasteiger partial charge is 0.311 e. The molecule has 0 spiro atoms. The minimum Gasteiger partial charge on any atom is -0.469 e. The number of nitrogens with two attached hydrogens (primary N) is 1. The fourth-order valence-corrected chi connectivity index (χ4v) is 2.23. The molecule has 1 atom stereocenters. The van der Waals surface area contributed by atoms with Gasteiger partial charge >= 0.3 is 5.97 Å². The molecule has 19 heavy (non-hydrogen) atoms. The highest BCUT2D eigenvalue weighted by Gasteiger charge is 2.35. The van der Waals surface area contributed by atoms with Crippen LogP contribution in [0.1, 0.15) is 12.0 Å². The van der Waals surface area contributed by atoms with E-state index in [4.69, 9.17) is 10.8 Å². The molecule has 0 aromatic heterocycles. The van der Waals surface area contributed by atoms with Crippen LogP contribution >= 0.6 is 0 Å². The normalized spacial score (nSPS) is 18.7. The molecule has 3 N–H and O–H groups in total. The Hall–Kier alpha value is -2.08. The molecular weight excluding hydrogens is 248 g/mol. The first-order valence-electron chi connectivity index (χ1n) is 5.93. The van der Waals surface area contributed by atoms with Gasteiger partial charge < -0.3 is 20.5 Å². The van der Waals surface area contributed by atoms with Crippen LogP contribution in [-0.4, -0.2) is 30.6 Å². The van der Waals surface area contributed by atoms with Gasteiger partial charge in [-0.2, -0.15) is 0 Å². The van der Waals surface area contributed by atoms with Gasteiger partial charge in [0.05, 0.1) is 19.6 Å². The number of aliphatic hydroxyl groups is 1. The van der Waals surface area contributed by atoms with E-state index >= 15 is 0 Å². The summed E-state index contributed by atoms with van der Waals surface area (Å²) in [6.07, 6.45) is 0.135. The van der Waals surface area contributed by atoms with Crippen LogP contribution in [-0.2, 0) is 20.9 Å². The summed E-state index contributed by atoms with van der Waals surface area (Å²) in [7, 11) is 1.31. The average Bonchev–Trinajstić information content (AvgIpc) is 2.79. The third kappa shape index (κ3) is 2.68. The van der Waals surface area contributed by atoms with Crippen molar-refractivity contribution in [3.05, 3.63) is 23.8 Å². The quantitative estimate of drug-likeness (QED) is 0.604. The molecule has 1 aromatic rings. The van der Waals surface area contributed by atoms with Gasteiger partial charge in [0.1, 0.15) is 0 Å². The Morgan fingerprint density at radius 1 is 1.53 bits per heavy atom. The predicted octanol–water partition coefficient (Wildman–Crippen LogP) is 0.287. The van der Waals surface area contributed by atoms with Crippen LogP contribution in [0.5, 0.6) is 0 Å². The van der Waals surface area contributed by atoms with Gasteiger partial charge in [0.25, 0.3) is 0 Å². The Bertz CT molecular complexity index is 515. The number of anilines is 2. The third-order valence-corrected chi connectivity index (χ3v) is 3.15. The molecule has 1 heterocycles. The van der Waals surface area contributed by atoms with Crippen LogP contribution in [0.4, 0.5) is 11.4 Å². The van der Waals surface area contributed by atoms with Gasteiger partial charge in [-0.1, -0.05) is 0 Å². The van der Waals surface area contributed by atoms with Crippen molar-refractivity contribution in [3.8, 4) is 0 Å². The molecule has 0 radical (unpaired) electrons. The second-order valence-corrected chi connectivity index (χ2v) is 4.52. The monoisotopic (exact) mass is 264 g/mol. The first-order chi connectivity index (χ1) is 9.05. The topological polar surface area (TPSA) is 92.9 Å². The Labute approximate surface area is 110 Å². The first kappa shape index (κ1) is 13.4. The lowest BCUT2D eigenvalue weighted by Gasteiger charge is -2.18. The molecule has 1 saturated heterocycles. The number of methoxy groups -OCH3 is 1. The molecule has 1 fully saturated rings. The maximum absolute atomic E-state index is 11.9. The number of nitrogens with zero attached hydrogens (tertiary/aromatic N) is 1. The molecule has 0 bridgehead atoms. The number of amides is 1. The number of hydrogen-bond donors (Lipinski definition) is 2. The zero-order chi connectivity index (χ0) is 14.0. The molecule has 1 unspecified atom stereocenters. The van der Waals surface area contributed by atoms with E-state index in [9.17, 15) is 9.59 Å². The fourth-order valence-electron chi connectivity index (χ4n) is 2.23. The number of esters is 1. The van der Waals surface area contributed by atoms with E-state index in [0.29, 0.717) is 16.9 Å². The van der Waals surface area contributed by atoms with Crippen LogP contribution in [0.3, 0.4) is 0 Å². The molecule has 6 nitrogen and oxygen atoms in total. The summed E-state index contributed by atoms with van der Waals surface area (Å²) in [4.78, 5) is 24.9. The van der Waals surface area contributed by atoms with Crippen LogP contribution < -0.4 is 10.6 Å². The lowest BCUT2D eigenvalue weighted by molar-refractivity contribution is -0.145. The Balaban J connectivity index is 2.25. The first-order valence-corrected chi connectivity index (χ1v) is 5.93. The van der Waals surface area contributed by atoms with E-state index in [0.717, 1.165) is 0 Å². The molecule has 2 rings (SSSR count). The van der Waals surface area contributed by atoms with Crippen molar-refractivity contribution in [2.75, 3.05) is 24.3 Å². The Kier molecular flexibility index (Phi) is 3.71. The summed E-state index contributed by atoms with van der Waals surface area (Å²) < 4.78 is 4.65. The highest BCUT2D eigenvalue weighted by atomic mass is 16.5. The zero-order valence-electron chi connectivity index (χ0n) is 10.6. The van der Waals surface area contributed by atoms with Gasteiger partial charge in [-0.3, -0.25) is 9.59 Å². The molecule has 1 amide bonds. The van der Waals surface area contributed by atoms with Crippen molar-refractivity contribution in [1.29, 1.82) is 0 Å². The Morgan fingerprint density at radius 3 is 2.89 bits per heavy atom. The van der Waals surface area contributed by atoms with Crippen molar-refractivity contribution < 1.29 is 19.4 Å². The van der Waals surface area contributed by atoms with Crippen molar-refractivity contribution >= 4 is 23.3 Å². The van der Waals surface area contributed by atoms with E-state index in [-0.39, 0.29) is 31.4 Å². The molecule has 6 heteroatoms. The molecule has 1 aliphatic rings. The minimum absolute atomic E-state index is 0.135. The second-order valence-electron chi connectivity index (χ2n) is 4.52. The highest BCUT2D eigenvalue weighted by Crippen LogP contribution is 2.28. The zero-order valence-corrected chi connectivity index (χ0v) is 10.6. The number of carbonyl (C=O) groups excluding carboxylic acids is 2. The van der Waals surface area contributed by atoms with Crippen molar-refractivity contribution in [2.45, 2.75) is 13.0 Å². The number of nitrogen functional groups attached to an aromatic ring is 1. The SMILES string of the molecule is COC(=O)C1CC(=O)N(c2cc(N)cc(CO)c2)C1. The number of benzene rings is 1.